The van der Waals surface area contributed by atoms with Gasteiger partial charge in [0.05, 0.1) is 6.10 Å². The highest BCUT2D eigenvalue weighted by Crippen LogP contribution is 2.13. The van der Waals surface area contributed by atoms with Crippen molar-refractivity contribution in [3.05, 3.63) is 0 Å². The topological polar surface area (TPSA) is 57.5 Å². The van der Waals surface area contributed by atoms with Crippen molar-refractivity contribution in [2.45, 2.75) is 109 Å². The average molecular weight is 300 g/mol. The molecule has 2 N–H and O–H groups in total. The fourth-order valence-electron chi connectivity index (χ4n) is 2.66. The molecular formula is C18H36O3. The van der Waals surface area contributed by atoms with Crippen molar-refractivity contribution < 1.29 is 15.0 Å². The van der Waals surface area contributed by atoms with Crippen LogP contribution >= 0.6 is 0 Å². The number of carbonyl (C=O) groups is 1. The van der Waals surface area contributed by atoms with Crippen LogP contribution in [0.5, 0.6) is 0 Å². The zero-order chi connectivity index (χ0) is 15.8. The summed E-state index contributed by atoms with van der Waals surface area (Å²) < 4.78 is 0. The first-order valence-electron chi connectivity index (χ1n) is 9.06. The molecule has 21 heavy (non-hydrogen) atoms. The largest absolute Gasteiger partial charge is 0.481 e. The van der Waals surface area contributed by atoms with Crippen molar-refractivity contribution in [3.63, 3.8) is 0 Å². The number of rotatable bonds is 16. The second-order valence-corrected chi connectivity index (χ2v) is 6.26. The smallest absolute Gasteiger partial charge is 0.303 e. The molecule has 0 aliphatic carbocycles. The van der Waals surface area contributed by atoms with Gasteiger partial charge in [0.25, 0.3) is 0 Å². The number of carboxylic acids is 1. The summed E-state index contributed by atoms with van der Waals surface area (Å²) in [6, 6.07) is 0. The molecule has 0 bridgehead atoms. The van der Waals surface area contributed by atoms with E-state index in [1.165, 1.54) is 70.6 Å². The molecule has 0 aromatic heterocycles. The van der Waals surface area contributed by atoms with Gasteiger partial charge in [-0.25, -0.2) is 0 Å². The first kappa shape index (κ1) is 20.4. The van der Waals surface area contributed by atoms with Crippen LogP contribution in [0.25, 0.3) is 0 Å². The number of aliphatic hydroxyl groups excluding tert-OH is 1. The van der Waals surface area contributed by atoms with E-state index in [-0.39, 0.29) is 6.42 Å². The number of aliphatic hydroxyl groups is 1. The zero-order valence-corrected chi connectivity index (χ0v) is 14.0. The van der Waals surface area contributed by atoms with E-state index >= 15 is 0 Å². The first-order chi connectivity index (χ1) is 10.2. The standard InChI is InChI=1S/C18H36O3/c1-2-3-4-5-6-7-8-9-10-11-12-13-14-17(19)15-16-18(20)21/h17,19H,2-16H2,1H3,(H,20,21). The van der Waals surface area contributed by atoms with Gasteiger partial charge in [-0.2, -0.15) is 0 Å². The second-order valence-electron chi connectivity index (χ2n) is 6.26. The Morgan fingerprint density at radius 1 is 0.762 bits per heavy atom. The molecular weight excluding hydrogens is 264 g/mol. The minimum atomic E-state index is -0.816. The normalized spacial score (nSPS) is 12.5. The van der Waals surface area contributed by atoms with E-state index in [2.05, 4.69) is 6.92 Å². The Kier molecular flexibility index (Phi) is 15.4. The maximum atomic E-state index is 10.4. The summed E-state index contributed by atoms with van der Waals surface area (Å²) in [5, 5.41) is 18.1. The fourth-order valence-corrected chi connectivity index (χ4v) is 2.66. The van der Waals surface area contributed by atoms with E-state index in [0.717, 1.165) is 12.8 Å². The number of hydrogen-bond acceptors (Lipinski definition) is 2. The van der Waals surface area contributed by atoms with E-state index in [0.29, 0.717) is 6.42 Å². The van der Waals surface area contributed by atoms with Gasteiger partial charge < -0.3 is 10.2 Å². The minimum Gasteiger partial charge on any atom is -0.481 e. The van der Waals surface area contributed by atoms with Gasteiger partial charge in [0, 0.05) is 6.42 Å². The van der Waals surface area contributed by atoms with Gasteiger partial charge in [-0.15, -0.1) is 0 Å². The van der Waals surface area contributed by atoms with Gasteiger partial charge >= 0.3 is 5.97 Å². The van der Waals surface area contributed by atoms with Gasteiger partial charge in [-0.05, 0) is 12.8 Å². The third kappa shape index (κ3) is 17.4. The molecule has 3 heteroatoms. The summed E-state index contributed by atoms with van der Waals surface area (Å²) >= 11 is 0. The Morgan fingerprint density at radius 3 is 1.62 bits per heavy atom. The van der Waals surface area contributed by atoms with Gasteiger partial charge in [0.1, 0.15) is 0 Å². The van der Waals surface area contributed by atoms with E-state index in [9.17, 15) is 9.90 Å². The number of carboxylic acid groups (broad SMARTS) is 1. The van der Waals surface area contributed by atoms with E-state index < -0.39 is 12.1 Å². The van der Waals surface area contributed by atoms with Crippen LogP contribution in [0, 0.1) is 0 Å². The third-order valence-corrected chi connectivity index (χ3v) is 4.08. The van der Waals surface area contributed by atoms with Crippen LogP contribution in [-0.4, -0.2) is 22.3 Å². The third-order valence-electron chi connectivity index (χ3n) is 4.08. The number of aliphatic carboxylic acids is 1. The molecule has 0 aromatic carbocycles. The molecule has 0 aliphatic rings. The molecule has 0 saturated carbocycles. The molecule has 0 aromatic rings. The monoisotopic (exact) mass is 300 g/mol. The van der Waals surface area contributed by atoms with Gasteiger partial charge in [-0.3, -0.25) is 4.79 Å². The van der Waals surface area contributed by atoms with Gasteiger partial charge in [-0.1, -0.05) is 84.0 Å². The Balaban J connectivity index is 3.10. The maximum Gasteiger partial charge on any atom is 0.303 e. The lowest BCUT2D eigenvalue weighted by Crippen LogP contribution is -2.09. The number of hydrogen-bond donors (Lipinski definition) is 2. The van der Waals surface area contributed by atoms with Gasteiger partial charge in [0.15, 0.2) is 0 Å². The molecule has 0 saturated heterocycles. The Labute approximate surface area is 131 Å². The summed E-state index contributed by atoms with van der Waals surface area (Å²) in [6.45, 7) is 2.26. The van der Waals surface area contributed by atoms with E-state index in [1.54, 1.807) is 0 Å². The van der Waals surface area contributed by atoms with Crippen molar-refractivity contribution in [1.82, 2.24) is 0 Å². The molecule has 0 aliphatic heterocycles. The summed E-state index contributed by atoms with van der Waals surface area (Å²) in [5.41, 5.74) is 0. The van der Waals surface area contributed by atoms with E-state index in [1.807, 2.05) is 0 Å². The molecule has 0 radical (unpaired) electrons. The minimum absolute atomic E-state index is 0.0828. The van der Waals surface area contributed by atoms with Crippen LogP contribution in [0.2, 0.25) is 0 Å². The Morgan fingerprint density at radius 2 is 1.19 bits per heavy atom. The predicted octanol–water partition coefficient (Wildman–Crippen LogP) is 5.30. The van der Waals surface area contributed by atoms with Crippen molar-refractivity contribution in [2.24, 2.45) is 0 Å². The first-order valence-corrected chi connectivity index (χ1v) is 9.06. The molecule has 0 amide bonds. The highest BCUT2D eigenvalue weighted by molar-refractivity contribution is 5.66. The molecule has 1 atom stereocenters. The lowest BCUT2D eigenvalue weighted by atomic mass is 10.0. The SMILES string of the molecule is CCCCCCCCCCCCCCC(O)CCC(=O)O. The molecule has 0 fully saturated rings. The highest BCUT2D eigenvalue weighted by atomic mass is 16.4. The fraction of sp³-hybridized carbons (Fsp3) is 0.944. The highest BCUT2D eigenvalue weighted by Gasteiger charge is 2.06. The molecule has 0 rings (SSSR count). The van der Waals surface area contributed by atoms with Crippen LogP contribution in [-0.2, 0) is 4.79 Å². The summed E-state index contributed by atoms with van der Waals surface area (Å²) in [5.74, 6) is -0.816. The molecule has 1 unspecified atom stereocenters. The zero-order valence-electron chi connectivity index (χ0n) is 14.0. The lowest BCUT2D eigenvalue weighted by molar-refractivity contribution is -0.137. The summed E-state index contributed by atoms with van der Waals surface area (Å²) in [4.78, 5) is 10.4. The van der Waals surface area contributed by atoms with Crippen LogP contribution in [0.15, 0.2) is 0 Å². The van der Waals surface area contributed by atoms with E-state index in [4.69, 9.17) is 5.11 Å². The van der Waals surface area contributed by atoms with Crippen LogP contribution in [0.4, 0.5) is 0 Å². The summed E-state index contributed by atoms with van der Waals surface area (Å²) in [6.07, 6.45) is 16.6. The lowest BCUT2D eigenvalue weighted by Gasteiger charge is -2.08. The molecule has 3 nitrogen and oxygen atoms in total. The van der Waals surface area contributed by atoms with Crippen molar-refractivity contribution in [2.75, 3.05) is 0 Å². The average Bonchev–Trinajstić information content (AvgIpc) is 2.46. The Hall–Kier alpha value is -0.570. The van der Waals surface area contributed by atoms with Crippen LogP contribution in [0.1, 0.15) is 103 Å². The molecule has 0 spiro atoms. The number of unbranched alkanes of at least 4 members (excludes halogenated alkanes) is 11. The Bertz CT molecular complexity index is 229. The quantitative estimate of drug-likeness (QED) is 0.380. The van der Waals surface area contributed by atoms with Crippen molar-refractivity contribution in [3.8, 4) is 0 Å². The van der Waals surface area contributed by atoms with Gasteiger partial charge in [0.2, 0.25) is 0 Å². The summed E-state index contributed by atoms with van der Waals surface area (Å²) in [7, 11) is 0. The van der Waals surface area contributed by atoms with Crippen LogP contribution < -0.4 is 0 Å². The van der Waals surface area contributed by atoms with Crippen molar-refractivity contribution in [1.29, 1.82) is 0 Å². The molecule has 126 valence electrons. The second kappa shape index (κ2) is 15.8. The van der Waals surface area contributed by atoms with Crippen LogP contribution in [0.3, 0.4) is 0 Å². The maximum absolute atomic E-state index is 10.4. The van der Waals surface area contributed by atoms with Crippen molar-refractivity contribution >= 4 is 5.97 Å². The molecule has 0 heterocycles. The predicted molar refractivity (Wildman–Crippen MR) is 88.6 cm³/mol.